The number of carbonyl (C=O) groups excluding carboxylic acids is 2. The zero-order valence-electron chi connectivity index (χ0n) is 18.0. The monoisotopic (exact) mass is 419 g/mol. The van der Waals surface area contributed by atoms with E-state index in [0.717, 1.165) is 32.1 Å². The van der Waals surface area contributed by atoms with Crippen molar-refractivity contribution in [3.05, 3.63) is 59.7 Å². The molecule has 5 nitrogen and oxygen atoms in total. The number of nitrogens with zero attached hydrogens (tertiary/aromatic N) is 1. The highest BCUT2D eigenvalue weighted by atomic mass is 16.6. The van der Waals surface area contributed by atoms with Crippen LogP contribution in [0.1, 0.15) is 49.1 Å². The number of carbonyl (C=O) groups is 2. The first-order valence-corrected chi connectivity index (χ1v) is 11.3. The lowest BCUT2D eigenvalue weighted by Gasteiger charge is -2.47. The number of rotatable bonds is 5. The Hall–Kier alpha value is -2.66. The molecule has 3 aliphatic rings. The third-order valence-corrected chi connectivity index (χ3v) is 7.26. The van der Waals surface area contributed by atoms with E-state index in [0.29, 0.717) is 6.61 Å². The first-order chi connectivity index (χ1) is 15.2. The zero-order chi connectivity index (χ0) is 21.4. The van der Waals surface area contributed by atoms with Gasteiger partial charge in [-0.2, -0.15) is 0 Å². The molecule has 2 saturated heterocycles. The molecule has 2 aromatic rings. The molecule has 0 radical (unpaired) electrons. The van der Waals surface area contributed by atoms with Gasteiger partial charge in [0.25, 0.3) is 0 Å². The maximum Gasteiger partial charge on any atom is 0.410 e. The van der Waals surface area contributed by atoms with Crippen LogP contribution in [0.3, 0.4) is 0 Å². The molecule has 2 heterocycles. The van der Waals surface area contributed by atoms with Gasteiger partial charge in [-0.25, -0.2) is 4.79 Å². The van der Waals surface area contributed by atoms with Crippen molar-refractivity contribution in [1.82, 2.24) is 4.90 Å². The summed E-state index contributed by atoms with van der Waals surface area (Å²) < 4.78 is 11.0. The van der Waals surface area contributed by atoms with E-state index in [2.05, 4.69) is 36.4 Å². The number of piperidine rings is 2. The van der Waals surface area contributed by atoms with E-state index in [1.54, 1.807) is 7.11 Å². The molecule has 2 fully saturated rings. The molecule has 2 unspecified atom stereocenters. The molecule has 0 aromatic heterocycles. The number of hydrogen-bond donors (Lipinski definition) is 0. The van der Waals surface area contributed by atoms with Crippen molar-refractivity contribution in [1.29, 1.82) is 0 Å². The van der Waals surface area contributed by atoms with Crippen molar-refractivity contribution in [2.45, 2.75) is 50.1 Å². The highest BCUT2D eigenvalue weighted by Crippen LogP contribution is 2.45. The average molecular weight is 420 g/mol. The van der Waals surface area contributed by atoms with E-state index < -0.39 is 0 Å². The van der Waals surface area contributed by atoms with Crippen LogP contribution in [0.4, 0.5) is 4.79 Å². The van der Waals surface area contributed by atoms with Gasteiger partial charge in [-0.1, -0.05) is 48.5 Å². The fourth-order valence-electron chi connectivity index (χ4n) is 5.87. The van der Waals surface area contributed by atoms with Crippen LogP contribution in [0.25, 0.3) is 11.1 Å². The molecule has 2 atom stereocenters. The zero-order valence-corrected chi connectivity index (χ0v) is 18.0. The predicted molar refractivity (Wildman–Crippen MR) is 118 cm³/mol. The molecule has 0 N–H and O–H groups in total. The summed E-state index contributed by atoms with van der Waals surface area (Å²) in [7, 11) is 1.56. The van der Waals surface area contributed by atoms with E-state index in [-0.39, 0.29) is 42.4 Å². The molecule has 31 heavy (non-hydrogen) atoms. The van der Waals surface area contributed by atoms with Crippen LogP contribution in [0.2, 0.25) is 0 Å². The smallest absolute Gasteiger partial charge is 0.410 e. The van der Waals surface area contributed by atoms with Crippen molar-refractivity contribution < 1.29 is 19.1 Å². The third kappa shape index (κ3) is 3.65. The maximum absolute atomic E-state index is 13.2. The second-order valence-electron chi connectivity index (χ2n) is 9.02. The first kappa shape index (κ1) is 20.3. The third-order valence-electron chi connectivity index (χ3n) is 7.26. The van der Waals surface area contributed by atoms with Crippen molar-refractivity contribution in [2.75, 3.05) is 20.3 Å². The highest BCUT2D eigenvalue weighted by molar-refractivity contribution is 5.83. The first-order valence-electron chi connectivity index (χ1n) is 11.3. The van der Waals surface area contributed by atoms with E-state index in [4.69, 9.17) is 9.47 Å². The SMILES string of the molecule is COCC(=O)C1CC2CCCC(C1)N2C(=O)OCC1c2ccccc2-c2ccccc21. The fraction of sp³-hybridized carbons (Fsp3) is 0.462. The lowest BCUT2D eigenvalue weighted by Crippen LogP contribution is -2.56. The molecule has 1 amide bonds. The number of amides is 1. The normalized spacial score (nSPS) is 24.4. The fourth-order valence-corrected chi connectivity index (χ4v) is 5.87. The second-order valence-corrected chi connectivity index (χ2v) is 9.02. The van der Waals surface area contributed by atoms with E-state index in [9.17, 15) is 9.59 Å². The highest BCUT2D eigenvalue weighted by Gasteiger charge is 2.43. The van der Waals surface area contributed by atoms with Crippen LogP contribution in [-0.4, -0.2) is 49.2 Å². The van der Waals surface area contributed by atoms with E-state index >= 15 is 0 Å². The Morgan fingerprint density at radius 2 is 1.52 bits per heavy atom. The van der Waals surface area contributed by atoms with E-state index in [1.807, 2.05) is 17.0 Å². The molecule has 1 aliphatic carbocycles. The summed E-state index contributed by atoms with van der Waals surface area (Å²) in [4.78, 5) is 27.5. The molecule has 0 spiro atoms. The van der Waals surface area contributed by atoms with Gasteiger partial charge in [-0.15, -0.1) is 0 Å². The van der Waals surface area contributed by atoms with Gasteiger partial charge in [0.2, 0.25) is 0 Å². The van der Waals surface area contributed by atoms with Crippen molar-refractivity contribution in [3.63, 3.8) is 0 Å². The molecular formula is C26H29NO4. The quantitative estimate of drug-likeness (QED) is 0.700. The molecule has 2 bridgehead atoms. The lowest BCUT2D eigenvalue weighted by molar-refractivity contribution is -0.130. The Kier molecular flexibility index (Phi) is 5.53. The summed E-state index contributed by atoms with van der Waals surface area (Å²) >= 11 is 0. The number of ether oxygens (including phenoxy) is 2. The van der Waals surface area contributed by atoms with Gasteiger partial charge in [-0.05, 0) is 54.4 Å². The average Bonchev–Trinajstić information content (AvgIpc) is 3.10. The second kappa shape index (κ2) is 8.46. The van der Waals surface area contributed by atoms with Gasteiger partial charge in [0.05, 0.1) is 0 Å². The molecular weight excluding hydrogens is 390 g/mol. The van der Waals surface area contributed by atoms with Gasteiger partial charge in [0.1, 0.15) is 13.2 Å². The van der Waals surface area contributed by atoms with Crippen molar-refractivity contribution in [3.8, 4) is 11.1 Å². The Morgan fingerprint density at radius 3 is 2.10 bits per heavy atom. The Balaban J connectivity index is 1.30. The summed E-state index contributed by atoms with van der Waals surface area (Å²) in [6.07, 6.45) is 4.21. The summed E-state index contributed by atoms with van der Waals surface area (Å²) in [5.74, 6) is 0.219. The minimum atomic E-state index is -0.228. The van der Waals surface area contributed by atoms with Gasteiger partial charge >= 0.3 is 6.09 Å². The number of hydrogen-bond acceptors (Lipinski definition) is 4. The predicted octanol–water partition coefficient (Wildman–Crippen LogP) is 4.78. The van der Waals surface area contributed by atoms with Crippen molar-refractivity contribution in [2.24, 2.45) is 5.92 Å². The number of ketones is 1. The molecule has 5 rings (SSSR count). The summed E-state index contributed by atoms with van der Waals surface area (Å²) in [6.45, 7) is 0.504. The van der Waals surface area contributed by atoms with Gasteiger partial charge in [0, 0.05) is 31.0 Å². The molecule has 2 aromatic carbocycles. The van der Waals surface area contributed by atoms with Crippen LogP contribution >= 0.6 is 0 Å². The Morgan fingerprint density at radius 1 is 0.935 bits per heavy atom. The van der Waals surface area contributed by atoms with Gasteiger partial charge < -0.3 is 14.4 Å². The molecule has 162 valence electrons. The van der Waals surface area contributed by atoms with Gasteiger partial charge in [-0.3, -0.25) is 4.79 Å². The summed E-state index contributed by atoms with van der Waals surface area (Å²) in [5, 5.41) is 0. The maximum atomic E-state index is 13.2. The van der Waals surface area contributed by atoms with Crippen LogP contribution in [-0.2, 0) is 14.3 Å². The van der Waals surface area contributed by atoms with Crippen LogP contribution < -0.4 is 0 Å². The molecule has 2 aliphatic heterocycles. The minimum absolute atomic E-state index is 0.00659. The van der Waals surface area contributed by atoms with E-state index in [1.165, 1.54) is 22.3 Å². The minimum Gasteiger partial charge on any atom is -0.448 e. The Labute approximate surface area is 183 Å². The standard InChI is InChI=1S/C26H29NO4/c1-30-16-25(28)17-13-18-7-6-8-19(14-17)27(18)26(29)31-15-24-22-11-4-2-9-20(22)21-10-3-5-12-23(21)24/h2-5,9-12,17-19,24H,6-8,13-16H2,1H3. The summed E-state index contributed by atoms with van der Waals surface area (Å²) in [6, 6.07) is 16.9. The summed E-state index contributed by atoms with van der Waals surface area (Å²) in [5.41, 5.74) is 4.91. The number of fused-ring (bicyclic) bond motifs is 5. The topological polar surface area (TPSA) is 55.8 Å². The lowest BCUT2D eigenvalue weighted by atomic mass is 9.77. The number of methoxy groups -OCH3 is 1. The largest absolute Gasteiger partial charge is 0.448 e. The van der Waals surface area contributed by atoms with Crippen molar-refractivity contribution >= 4 is 11.9 Å². The number of Topliss-reactive ketones (excluding diaryl/α,β-unsaturated/α-hetero) is 1. The van der Waals surface area contributed by atoms with Crippen LogP contribution in [0, 0.1) is 5.92 Å². The molecule has 0 saturated carbocycles. The van der Waals surface area contributed by atoms with Crippen LogP contribution in [0.5, 0.6) is 0 Å². The Bertz CT molecular complexity index is 927. The number of benzene rings is 2. The van der Waals surface area contributed by atoms with Gasteiger partial charge in [0.15, 0.2) is 5.78 Å². The molecule has 5 heteroatoms. The van der Waals surface area contributed by atoms with Crippen LogP contribution in [0.15, 0.2) is 48.5 Å².